The Morgan fingerprint density at radius 3 is 2.58 bits per heavy atom. The Labute approximate surface area is 149 Å². The highest BCUT2D eigenvalue weighted by molar-refractivity contribution is 7.11. The van der Waals surface area contributed by atoms with Crippen molar-refractivity contribution < 1.29 is 0 Å². The van der Waals surface area contributed by atoms with Crippen LogP contribution in [0.4, 0.5) is 0 Å². The van der Waals surface area contributed by atoms with Crippen molar-refractivity contribution in [2.45, 2.75) is 40.5 Å². The van der Waals surface area contributed by atoms with Crippen molar-refractivity contribution in [3.63, 3.8) is 0 Å². The summed E-state index contributed by atoms with van der Waals surface area (Å²) in [5.41, 5.74) is 3.87. The molecule has 0 amide bonds. The molecule has 2 N–H and O–H groups in total. The van der Waals surface area contributed by atoms with E-state index in [1.165, 1.54) is 21.0 Å². The summed E-state index contributed by atoms with van der Waals surface area (Å²) in [7, 11) is 0. The van der Waals surface area contributed by atoms with Crippen LogP contribution in [0.1, 0.15) is 33.6 Å². The summed E-state index contributed by atoms with van der Waals surface area (Å²) in [6.45, 7) is 10.9. The molecule has 0 fully saturated rings. The van der Waals surface area contributed by atoms with E-state index in [1.807, 2.05) is 0 Å². The molecule has 0 atom stereocenters. The molecular weight excluding hydrogens is 316 g/mol. The van der Waals surface area contributed by atoms with Crippen molar-refractivity contribution in [1.82, 2.24) is 15.6 Å². The van der Waals surface area contributed by atoms with Crippen molar-refractivity contribution in [3.8, 4) is 0 Å². The maximum absolute atomic E-state index is 4.66. The van der Waals surface area contributed by atoms with Crippen LogP contribution in [0.25, 0.3) is 0 Å². The monoisotopic (exact) mass is 344 g/mol. The maximum atomic E-state index is 4.66. The average molecular weight is 345 g/mol. The molecule has 1 aromatic carbocycles. The summed E-state index contributed by atoms with van der Waals surface area (Å²) >= 11 is 1.77. The molecule has 130 valence electrons. The lowest BCUT2D eigenvalue weighted by Gasteiger charge is -2.12. The zero-order valence-electron chi connectivity index (χ0n) is 15.1. The third-order valence-corrected chi connectivity index (χ3v) is 5.09. The normalized spacial score (nSPS) is 11.6. The Morgan fingerprint density at radius 1 is 1.12 bits per heavy atom. The second kappa shape index (κ2) is 9.42. The second-order valence-electron chi connectivity index (χ2n) is 5.86. The minimum atomic E-state index is 0.756. The van der Waals surface area contributed by atoms with E-state index in [0.29, 0.717) is 0 Å². The Bertz CT molecular complexity index is 656. The number of aryl methyl sites for hydroxylation is 3. The molecule has 2 rings (SSSR count). The van der Waals surface area contributed by atoms with Crippen molar-refractivity contribution in [1.29, 1.82) is 0 Å². The summed E-state index contributed by atoms with van der Waals surface area (Å²) in [6.07, 6.45) is 1.90. The molecule has 0 aliphatic carbocycles. The molecule has 0 unspecified atom stereocenters. The third kappa shape index (κ3) is 5.64. The van der Waals surface area contributed by atoms with E-state index >= 15 is 0 Å². The van der Waals surface area contributed by atoms with Crippen LogP contribution in [-0.2, 0) is 12.8 Å². The predicted octanol–water partition coefficient (Wildman–Crippen LogP) is 3.41. The molecule has 4 nitrogen and oxygen atoms in total. The molecule has 24 heavy (non-hydrogen) atoms. The topological polar surface area (TPSA) is 49.3 Å². The van der Waals surface area contributed by atoms with Gasteiger partial charge in [-0.05, 0) is 45.2 Å². The highest BCUT2D eigenvalue weighted by Gasteiger charge is 2.04. The predicted molar refractivity (Wildman–Crippen MR) is 104 cm³/mol. The number of benzene rings is 1. The lowest BCUT2D eigenvalue weighted by molar-refractivity contribution is 0.794. The van der Waals surface area contributed by atoms with Gasteiger partial charge >= 0.3 is 0 Å². The summed E-state index contributed by atoms with van der Waals surface area (Å²) in [4.78, 5) is 10.5. The van der Waals surface area contributed by atoms with Gasteiger partial charge < -0.3 is 10.6 Å². The molecule has 0 aliphatic heterocycles. The smallest absolute Gasteiger partial charge is 0.191 e. The van der Waals surface area contributed by atoms with Crippen LogP contribution in [0.2, 0.25) is 0 Å². The van der Waals surface area contributed by atoms with E-state index in [0.717, 1.165) is 44.1 Å². The Morgan fingerprint density at radius 2 is 1.92 bits per heavy atom. The van der Waals surface area contributed by atoms with Gasteiger partial charge in [0, 0.05) is 30.9 Å². The average Bonchev–Trinajstić information content (AvgIpc) is 2.87. The standard InChI is InChI=1S/C19H28N4S/c1-5-20-19(21-12-10-17-9-7-6-8-14(17)2)22-13-11-18-23-15(3)16(4)24-18/h6-9H,5,10-13H2,1-4H3,(H2,20,21,22). The molecule has 5 heteroatoms. The molecule has 0 radical (unpaired) electrons. The van der Waals surface area contributed by atoms with Gasteiger partial charge in [-0.2, -0.15) is 0 Å². The molecule has 1 aromatic heterocycles. The fraction of sp³-hybridized carbons (Fsp3) is 0.474. The summed E-state index contributed by atoms with van der Waals surface area (Å²) in [5, 5.41) is 7.90. The van der Waals surface area contributed by atoms with Gasteiger partial charge in [0.2, 0.25) is 0 Å². The van der Waals surface area contributed by atoms with E-state index < -0.39 is 0 Å². The molecule has 0 bridgehead atoms. The molecule has 0 saturated heterocycles. The van der Waals surface area contributed by atoms with Crippen LogP contribution in [0.15, 0.2) is 29.3 Å². The minimum Gasteiger partial charge on any atom is -0.357 e. The minimum absolute atomic E-state index is 0.756. The SMILES string of the molecule is CCNC(=NCCc1nc(C)c(C)s1)NCCc1ccccc1C. The highest BCUT2D eigenvalue weighted by Crippen LogP contribution is 2.16. The van der Waals surface area contributed by atoms with Crippen LogP contribution in [0.5, 0.6) is 0 Å². The molecule has 0 aliphatic rings. The largest absolute Gasteiger partial charge is 0.357 e. The van der Waals surface area contributed by atoms with E-state index in [1.54, 1.807) is 11.3 Å². The van der Waals surface area contributed by atoms with E-state index in [4.69, 9.17) is 0 Å². The first-order chi connectivity index (χ1) is 11.6. The van der Waals surface area contributed by atoms with Crippen LogP contribution in [-0.4, -0.2) is 30.6 Å². The first-order valence-electron chi connectivity index (χ1n) is 8.59. The number of rotatable bonds is 7. The second-order valence-corrected chi connectivity index (χ2v) is 7.15. The zero-order valence-corrected chi connectivity index (χ0v) is 16.0. The number of thiazole rings is 1. The maximum Gasteiger partial charge on any atom is 0.191 e. The van der Waals surface area contributed by atoms with Crippen LogP contribution in [0, 0.1) is 20.8 Å². The highest BCUT2D eigenvalue weighted by atomic mass is 32.1. The summed E-state index contributed by atoms with van der Waals surface area (Å²) in [6, 6.07) is 8.53. The number of nitrogens with one attached hydrogen (secondary N) is 2. The van der Waals surface area contributed by atoms with Gasteiger partial charge in [0.15, 0.2) is 5.96 Å². The zero-order chi connectivity index (χ0) is 17.4. The molecule has 0 saturated carbocycles. The fourth-order valence-corrected chi connectivity index (χ4v) is 3.38. The first-order valence-corrected chi connectivity index (χ1v) is 9.41. The van der Waals surface area contributed by atoms with Gasteiger partial charge in [0.25, 0.3) is 0 Å². The van der Waals surface area contributed by atoms with Gasteiger partial charge in [-0.1, -0.05) is 24.3 Å². The lowest BCUT2D eigenvalue weighted by atomic mass is 10.1. The van der Waals surface area contributed by atoms with Crippen molar-refractivity contribution in [3.05, 3.63) is 51.0 Å². The van der Waals surface area contributed by atoms with Crippen LogP contribution >= 0.6 is 11.3 Å². The number of hydrogen-bond donors (Lipinski definition) is 2. The Balaban J connectivity index is 1.83. The number of nitrogens with zero attached hydrogens (tertiary/aromatic N) is 2. The Hall–Kier alpha value is -1.88. The molecule has 0 spiro atoms. The van der Waals surface area contributed by atoms with Gasteiger partial charge in [0.1, 0.15) is 0 Å². The first kappa shape index (κ1) is 18.5. The van der Waals surface area contributed by atoms with E-state index in [-0.39, 0.29) is 0 Å². The van der Waals surface area contributed by atoms with Crippen molar-refractivity contribution >= 4 is 17.3 Å². The lowest BCUT2D eigenvalue weighted by Crippen LogP contribution is -2.38. The van der Waals surface area contributed by atoms with E-state index in [2.05, 4.69) is 72.6 Å². The number of aromatic nitrogens is 1. The number of guanidine groups is 1. The molecular formula is C19H28N4S. The quantitative estimate of drug-likeness (QED) is 0.598. The third-order valence-electron chi connectivity index (χ3n) is 3.96. The van der Waals surface area contributed by atoms with Gasteiger partial charge in [0.05, 0.1) is 10.7 Å². The summed E-state index contributed by atoms with van der Waals surface area (Å²) < 4.78 is 0. The van der Waals surface area contributed by atoms with Crippen LogP contribution in [0.3, 0.4) is 0 Å². The fourth-order valence-electron chi connectivity index (χ4n) is 2.46. The van der Waals surface area contributed by atoms with Gasteiger partial charge in [-0.3, -0.25) is 4.99 Å². The van der Waals surface area contributed by atoms with Gasteiger partial charge in [-0.15, -0.1) is 11.3 Å². The number of aliphatic imine (C=N–C) groups is 1. The molecule has 1 heterocycles. The van der Waals surface area contributed by atoms with Crippen molar-refractivity contribution in [2.24, 2.45) is 4.99 Å². The Kier molecular flexibility index (Phi) is 7.25. The summed E-state index contributed by atoms with van der Waals surface area (Å²) in [5.74, 6) is 0.885. The number of hydrogen-bond acceptors (Lipinski definition) is 3. The van der Waals surface area contributed by atoms with Crippen LogP contribution < -0.4 is 10.6 Å². The van der Waals surface area contributed by atoms with E-state index in [9.17, 15) is 0 Å². The molecule has 2 aromatic rings. The van der Waals surface area contributed by atoms with Gasteiger partial charge in [-0.25, -0.2) is 4.98 Å². The van der Waals surface area contributed by atoms with Crippen molar-refractivity contribution in [2.75, 3.05) is 19.6 Å².